The fraction of sp³-hybridized carbons (Fsp3) is 0.500. The minimum Gasteiger partial charge on any atom is -0.507 e. The molecule has 2 heterocycles. The molecule has 0 unspecified atom stereocenters. The van der Waals surface area contributed by atoms with Gasteiger partial charge in [0.15, 0.2) is 0 Å². The van der Waals surface area contributed by atoms with Crippen LogP contribution in [0.15, 0.2) is 39.4 Å². The molecule has 30 heavy (non-hydrogen) atoms. The van der Waals surface area contributed by atoms with E-state index in [1.54, 1.807) is 13.1 Å². The maximum absolute atomic E-state index is 12.7. The number of rotatable bonds is 5. The summed E-state index contributed by atoms with van der Waals surface area (Å²) in [6, 6.07) is 5.43. The number of nitrogens with zero attached hydrogens (tertiary/aromatic N) is 1. The Hall–Kier alpha value is -1.92. The van der Waals surface area contributed by atoms with Crippen LogP contribution in [-0.2, 0) is 14.3 Å². The van der Waals surface area contributed by atoms with E-state index in [4.69, 9.17) is 4.74 Å². The third-order valence-electron chi connectivity index (χ3n) is 6.90. The molecule has 160 valence electrons. The Balaban J connectivity index is 1.51. The van der Waals surface area contributed by atoms with Crippen molar-refractivity contribution in [1.29, 1.82) is 0 Å². The van der Waals surface area contributed by atoms with Crippen LogP contribution in [0.2, 0.25) is 0 Å². The molecule has 4 rings (SSSR count). The zero-order chi connectivity index (χ0) is 21.6. The van der Waals surface area contributed by atoms with Gasteiger partial charge < -0.3 is 9.84 Å². The molecular formula is C24H28BrNO4. The van der Waals surface area contributed by atoms with Crippen LogP contribution in [0.25, 0.3) is 6.08 Å². The first kappa shape index (κ1) is 21.3. The molecule has 0 aromatic heterocycles. The number of imide groups is 1. The Bertz CT molecular complexity index is 951. The molecule has 3 aliphatic rings. The number of benzene rings is 1. The summed E-state index contributed by atoms with van der Waals surface area (Å²) in [4.78, 5) is 26.4. The van der Waals surface area contributed by atoms with Crippen molar-refractivity contribution >= 4 is 33.8 Å². The van der Waals surface area contributed by atoms with Gasteiger partial charge in [-0.25, -0.2) is 0 Å². The number of hydrogen-bond donors (Lipinski definition) is 1. The smallest absolute Gasteiger partial charge is 0.233 e. The van der Waals surface area contributed by atoms with Crippen molar-refractivity contribution in [3.8, 4) is 5.75 Å². The molecule has 0 spiro atoms. The lowest BCUT2D eigenvalue weighted by atomic mass is 9.70. The predicted molar refractivity (Wildman–Crippen MR) is 119 cm³/mol. The van der Waals surface area contributed by atoms with Gasteiger partial charge in [-0.05, 0) is 56.4 Å². The number of hydrogen-bond acceptors (Lipinski definition) is 4. The zero-order valence-corrected chi connectivity index (χ0v) is 19.2. The molecule has 2 amide bonds. The molecule has 0 saturated carbocycles. The normalized spacial score (nSPS) is 28.9. The average molecular weight is 474 g/mol. The summed E-state index contributed by atoms with van der Waals surface area (Å²) in [6.07, 6.45) is 5.30. The quantitative estimate of drug-likeness (QED) is 0.497. The monoisotopic (exact) mass is 473 g/mol. The molecule has 5 nitrogen and oxygen atoms in total. The standard InChI is InChI=1S/C24H28BrNO4/c1-4-14(10-15-11-16(25)6-7-19(15)27)5-8-20-21-13(2)9-17-22(18(21)12-30-20)24(29)26(3)23(17)28/h6-7,10-11,17-18,20,22,27H,4-5,8-9,12H2,1-3H3/b14-10+/t17-,18+,20-,22-/m1/s1. The molecule has 4 atom stereocenters. The number of likely N-dealkylation sites (tertiary alicyclic amines) is 1. The fourth-order valence-electron chi connectivity index (χ4n) is 5.31. The van der Waals surface area contributed by atoms with Gasteiger partial charge in [0.05, 0.1) is 24.5 Å². The molecule has 0 radical (unpaired) electrons. The molecule has 1 aromatic carbocycles. The highest BCUT2D eigenvalue weighted by molar-refractivity contribution is 9.10. The number of amides is 2. The van der Waals surface area contributed by atoms with Crippen LogP contribution in [0.1, 0.15) is 45.1 Å². The Labute approximate surface area is 185 Å². The molecule has 2 aliphatic heterocycles. The lowest BCUT2D eigenvalue weighted by molar-refractivity contribution is -0.138. The third-order valence-corrected chi connectivity index (χ3v) is 7.40. The van der Waals surface area contributed by atoms with E-state index in [0.29, 0.717) is 13.0 Å². The average Bonchev–Trinajstić information content (AvgIpc) is 3.24. The third kappa shape index (κ3) is 3.65. The van der Waals surface area contributed by atoms with Gasteiger partial charge in [0.2, 0.25) is 11.8 Å². The molecule has 0 bridgehead atoms. The number of carbonyl (C=O) groups excluding carboxylic acids is 2. The van der Waals surface area contributed by atoms with Crippen LogP contribution in [0, 0.1) is 17.8 Å². The van der Waals surface area contributed by atoms with Crippen LogP contribution < -0.4 is 0 Å². The largest absolute Gasteiger partial charge is 0.507 e. The highest BCUT2D eigenvalue weighted by Crippen LogP contribution is 2.49. The van der Waals surface area contributed by atoms with Gasteiger partial charge in [0, 0.05) is 23.0 Å². The van der Waals surface area contributed by atoms with Gasteiger partial charge in [0.25, 0.3) is 0 Å². The number of phenolic OH excluding ortho intramolecular Hbond substituents is 1. The molecular weight excluding hydrogens is 446 g/mol. The minimum atomic E-state index is -0.258. The van der Waals surface area contributed by atoms with E-state index in [9.17, 15) is 14.7 Å². The van der Waals surface area contributed by atoms with Crippen LogP contribution in [0.4, 0.5) is 0 Å². The number of halogens is 1. The van der Waals surface area contributed by atoms with E-state index in [0.717, 1.165) is 29.3 Å². The van der Waals surface area contributed by atoms with E-state index in [1.165, 1.54) is 21.6 Å². The van der Waals surface area contributed by atoms with Crippen LogP contribution in [0.5, 0.6) is 5.75 Å². The summed E-state index contributed by atoms with van der Waals surface area (Å²) in [6.45, 7) is 4.73. The van der Waals surface area contributed by atoms with E-state index in [1.807, 2.05) is 12.1 Å². The molecule has 6 heteroatoms. The van der Waals surface area contributed by atoms with Gasteiger partial charge in [-0.2, -0.15) is 0 Å². The summed E-state index contributed by atoms with van der Waals surface area (Å²) < 4.78 is 7.09. The number of phenols is 1. The molecule has 1 N–H and O–H groups in total. The van der Waals surface area contributed by atoms with Gasteiger partial charge in [0.1, 0.15) is 5.75 Å². The second-order valence-corrected chi connectivity index (χ2v) is 9.55. The second kappa shape index (κ2) is 8.31. The van der Waals surface area contributed by atoms with Gasteiger partial charge in [-0.1, -0.05) is 40.1 Å². The summed E-state index contributed by atoms with van der Waals surface area (Å²) >= 11 is 3.46. The van der Waals surface area contributed by atoms with Crippen molar-refractivity contribution in [2.75, 3.05) is 13.7 Å². The van der Waals surface area contributed by atoms with E-state index >= 15 is 0 Å². The van der Waals surface area contributed by atoms with E-state index in [-0.39, 0.29) is 41.4 Å². The Morgan fingerprint density at radius 2 is 2.07 bits per heavy atom. The first-order valence-electron chi connectivity index (χ1n) is 10.6. The molecule has 1 aliphatic carbocycles. The fourth-order valence-corrected chi connectivity index (χ4v) is 5.69. The lowest BCUT2D eigenvalue weighted by Crippen LogP contribution is -2.33. The van der Waals surface area contributed by atoms with Crippen molar-refractivity contribution in [3.05, 3.63) is 45.0 Å². The van der Waals surface area contributed by atoms with Crippen LogP contribution in [-0.4, -0.2) is 41.6 Å². The molecule has 1 aromatic rings. The minimum absolute atomic E-state index is 0.00388. The number of aromatic hydroxyl groups is 1. The first-order chi connectivity index (χ1) is 14.3. The van der Waals surface area contributed by atoms with Crippen LogP contribution in [0.3, 0.4) is 0 Å². The lowest BCUT2D eigenvalue weighted by Gasteiger charge is -2.30. The summed E-state index contributed by atoms with van der Waals surface area (Å²) in [5, 5.41) is 10.1. The van der Waals surface area contributed by atoms with Crippen molar-refractivity contribution < 1.29 is 19.4 Å². The molecule has 2 fully saturated rings. The summed E-state index contributed by atoms with van der Waals surface area (Å²) in [7, 11) is 1.60. The van der Waals surface area contributed by atoms with Crippen molar-refractivity contribution in [2.24, 2.45) is 17.8 Å². The highest BCUT2D eigenvalue weighted by atomic mass is 79.9. The maximum atomic E-state index is 12.7. The van der Waals surface area contributed by atoms with Crippen molar-refractivity contribution in [3.63, 3.8) is 0 Å². The molecule has 2 saturated heterocycles. The van der Waals surface area contributed by atoms with Gasteiger partial charge in [-0.3, -0.25) is 14.5 Å². The topological polar surface area (TPSA) is 66.8 Å². The Morgan fingerprint density at radius 1 is 1.30 bits per heavy atom. The Kier molecular flexibility index (Phi) is 5.90. The van der Waals surface area contributed by atoms with E-state index < -0.39 is 0 Å². The van der Waals surface area contributed by atoms with Crippen LogP contribution >= 0.6 is 15.9 Å². The number of carbonyl (C=O) groups is 2. The SMILES string of the molecule is CC/C(=C\c1cc(Br)ccc1O)CC[C@H]1OC[C@H]2C1=C(C)C[C@H]1C(=O)N(C)C(=O)[C@H]12. The number of allylic oxidation sites excluding steroid dienone is 2. The Morgan fingerprint density at radius 3 is 2.80 bits per heavy atom. The number of ether oxygens (including phenoxy) is 1. The first-order valence-corrected chi connectivity index (χ1v) is 11.4. The predicted octanol–water partition coefficient (Wildman–Crippen LogP) is 4.69. The summed E-state index contributed by atoms with van der Waals surface area (Å²) in [5.41, 5.74) is 4.51. The zero-order valence-electron chi connectivity index (χ0n) is 17.7. The number of fused-ring (bicyclic) bond motifs is 3. The van der Waals surface area contributed by atoms with Crippen molar-refractivity contribution in [1.82, 2.24) is 4.90 Å². The van der Waals surface area contributed by atoms with Crippen molar-refractivity contribution in [2.45, 2.75) is 45.6 Å². The second-order valence-electron chi connectivity index (χ2n) is 8.63. The summed E-state index contributed by atoms with van der Waals surface area (Å²) in [5.74, 6) is -0.277. The van der Waals surface area contributed by atoms with Gasteiger partial charge >= 0.3 is 0 Å². The van der Waals surface area contributed by atoms with Gasteiger partial charge in [-0.15, -0.1) is 0 Å². The maximum Gasteiger partial charge on any atom is 0.233 e. The highest BCUT2D eigenvalue weighted by Gasteiger charge is 2.55. The van der Waals surface area contributed by atoms with E-state index in [2.05, 4.69) is 35.9 Å².